The van der Waals surface area contributed by atoms with E-state index in [1.165, 1.54) is 48.5 Å². The van der Waals surface area contributed by atoms with Gasteiger partial charge in [-0.2, -0.15) is 0 Å². The molecule has 0 bridgehead atoms. The molecular formula is C23H40N6O7. The first-order valence-corrected chi connectivity index (χ1v) is 11.8. The van der Waals surface area contributed by atoms with E-state index in [4.69, 9.17) is 0 Å². The number of carbonyl (C=O) groups excluding carboxylic acids is 7. The Morgan fingerprint density at radius 2 is 0.889 bits per heavy atom. The van der Waals surface area contributed by atoms with Crippen molar-refractivity contribution in [1.29, 1.82) is 0 Å². The molecule has 0 aromatic heterocycles. The summed E-state index contributed by atoms with van der Waals surface area (Å²) in [7, 11) is 1.60. The zero-order valence-corrected chi connectivity index (χ0v) is 22.5. The van der Waals surface area contributed by atoms with Gasteiger partial charge in [-0.15, -0.1) is 0 Å². The lowest BCUT2D eigenvalue weighted by Gasteiger charge is -2.26. The second-order valence-corrected chi connectivity index (χ2v) is 9.15. The highest BCUT2D eigenvalue weighted by atomic mass is 16.2. The summed E-state index contributed by atoms with van der Waals surface area (Å²) < 4.78 is 0. The first kappa shape index (κ1) is 32.7. The predicted octanol–water partition coefficient (Wildman–Crippen LogP) is -1.94. The van der Waals surface area contributed by atoms with Gasteiger partial charge < -0.3 is 31.9 Å². The Morgan fingerprint density at radius 3 is 1.19 bits per heavy atom. The summed E-state index contributed by atoms with van der Waals surface area (Å²) in [4.78, 5) is 85.2. The lowest BCUT2D eigenvalue weighted by atomic mass is 9.94. The Labute approximate surface area is 211 Å². The minimum absolute atomic E-state index is 0.00358. The van der Waals surface area contributed by atoms with Crippen LogP contribution >= 0.6 is 0 Å². The third kappa shape index (κ3) is 10.1. The van der Waals surface area contributed by atoms with Gasteiger partial charge in [0.05, 0.1) is 6.04 Å². The number of ketones is 2. The van der Waals surface area contributed by atoms with Gasteiger partial charge in [0.25, 0.3) is 0 Å². The summed E-state index contributed by atoms with van der Waals surface area (Å²) in [5.41, 5.74) is -1.45. The zero-order valence-electron chi connectivity index (χ0n) is 22.5. The fraction of sp³-hybridized carbons (Fsp3) is 0.696. The van der Waals surface area contributed by atoms with Gasteiger partial charge in [0.15, 0.2) is 0 Å². The van der Waals surface area contributed by atoms with Gasteiger partial charge in [0.2, 0.25) is 41.1 Å². The van der Waals surface area contributed by atoms with Crippen LogP contribution in [-0.2, 0) is 33.6 Å². The van der Waals surface area contributed by atoms with Crippen molar-refractivity contribution in [1.82, 2.24) is 31.9 Å². The Balaban J connectivity index is 4.83. The highest BCUT2D eigenvalue weighted by molar-refractivity contribution is 6.40. The molecule has 204 valence electrons. The Morgan fingerprint density at radius 1 is 0.583 bits per heavy atom. The largest absolute Gasteiger partial charge is 0.343 e. The molecule has 13 nitrogen and oxygen atoms in total. The van der Waals surface area contributed by atoms with Crippen molar-refractivity contribution in [3.63, 3.8) is 0 Å². The van der Waals surface area contributed by atoms with Crippen molar-refractivity contribution in [3.8, 4) is 0 Å². The van der Waals surface area contributed by atoms with E-state index < -0.39 is 70.9 Å². The highest BCUT2D eigenvalue weighted by Crippen LogP contribution is 2.07. The maximum Gasteiger partial charge on any atom is 0.243 e. The first-order chi connectivity index (χ1) is 16.5. The minimum atomic E-state index is -1.45. The Hall–Kier alpha value is -3.35. The monoisotopic (exact) mass is 512 g/mol. The van der Waals surface area contributed by atoms with Crippen molar-refractivity contribution in [2.24, 2.45) is 0 Å². The summed E-state index contributed by atoms with van der Waals surface area (Å²) in [6.07, 6.45) is 0.00358. The molecule has 0 spiro atoms. The second-order valence-electron chi connectivity index (χ2n) is 9.15. The molecule has 0 unspecified atom stereocenters. The van der Waals surface area contributed by atoms with Crippen LogP contribution in [0.25, 0.3) is 0 Å². The Kier molecular flexibility index (Phi) is 12.9. The number of rotatable bonds is 14. The van der Waals surface area contributed by atoms with Gasteiger partial charge in [-0.05, 0) is 55.5 Å². The molecule has 6 N–H and O–H groups in total. The van der Waals surface area contributed by atoms with Crippen LogP contribution in [-0.4, -0.2) is 83.9 Å². The molecular weight excluding hydrogens is 472 g/mol. The van der Waals surface area contributed by atoms with E-state index in [-0.39, 0.29) is 12.3 Å². The maximum atomic E-state index is 12.4. The van der Waals surface area contributed by atoms with Crippen LogP contribution in [0.3, 0.4) is 0 Å². The van der Waals surface area contributed by atoms with Gasteiger partial charge >= 0.3 is 0 Å². The van der Waals surface area contributed by atoms with Crippen LogP contribution < -0.4 is 31.9 Å². The molecule has 0 fully saturated rings. The number of amides is 5. The molecule has 5 amide bonds. The number of nitrogens with one attached hydrogen (secondary N) is 6. The average molecular weight is 513 g/mol. The van der Waals surface area contributed by atoms with E-state index in [1.807, 2.05) is 0 Å². The first-order valence-electron chi connectivity index (χ1n) is 11.8. The van der Waals surface area contributed by atoms with Crippen LogP contribution in [0.2, 0.25) is 0 Å². The molecule has 0 rings (SSSR count). The molecule has 0 heterocycles. The van der Waals surface area contributed by atoms with Crippen molar-refractivity contribution in [2.75, 3.05) is 7.05 Å². The standard InChI is InChI=1S/C23H40N6O7/c1-10-16(30)17(31)23(7,8)29-22(36)15(6)28-21(35)14(5)27-20(34)13(4)26-19(33)12(3)25-18(32)11(2)24-9/h11-15,24H,10H2,1-9H3,(H,25,32)(H,26,33)(H,27,34)(H,28,35)(H,29,36)/t11-,12-,13-,14-,15-/m0/s1. The number of hydrogen-bond acceptors (Lipinski definition) is 8. The van der Waals surface area contributed by atoms with Crippen LogP contribution in [0.5, 0.6) is 0 Å². The van der Waals surface area contributed by atoms with E-state index in [0.29, 0.717) is 0 Å². The lowest BCUT2D eigenvalue weighted by Crippen LogP contribution is -2.59. The normalized spacial score (nSPS) is 15.2. The molecule has 36 heavy (non-hydrogen) atoms. The summed E-state index contributed by atoms with van der Waals surface area (Å²) >= 11 is 0. The highest BCUT2D eigenvalue weighted by Gasteiger charge is 2.35. The van der Waals surface area contributed by atoms with Crippen LogP contribution in [0.1, 0.15) is 61.8 Å². The fourth-order valence-corrected chi connectivity index (χ4v) is 2.73. The van der Waals surface area contributed by atoms with Crippen molar-refractivity contribution in [2.45, 2.75) is 97.6 Å². The maximum absolute atomic E-state index is 12.4. The zero-order chi connectivity index (χ0) is 28.4. The number of Topliss-reactive ketones (excluding diaryl/α,β-unsaturated/α-hetero) is 2. The van der Waals surface area contributed by atoms with Crippen molar-refractivity contribution < 1.29 is 33.6 Å². The molecule has 5 atom stereocenters. The molecule has 0 aliphatic heterocycles. The van der Waals surface area contributed by atoms with Crippen LogP contribution in [0.4, 0.5) is 0 Å². The average Bonchev–Trinajstić information content (AvgIpc) is 2.81. The fourth-order valence-electron chi connectivity index (χ4n) is 2.73. The van der Waals surface area contributed by atoms with E-state index in [1.54, 1.807) is 14.0 Å². The van der Waals surface area contributed by atoms with Crippen molar-refractivity contribution in [3.05, 3.63) is 0 Å². The SMILES string of the molecule is CCC(=O)C(=O)C(C)(C)NC(=O)[C@H](C)NC(=O)[C@H](C)NC(=O)[C@H](C)NC(=O)[C@H](C)NC(=O)[C@H](C)NC. The van der Waals surface area contributed by atoms with Gasteiger partial charge in [-0.3, -0.25) is 33.6 Å². The molecule has 0 aromatic carbocycles. The number of hydrogen-bond donors (Lipinski definition) is 6. The van der Waals surface area contributed by atoms with E-state index in [9.17, 15) is 33.6 Å². The smallest absolute Gasteiger partial charge is 0.243 e. The predicted molar refractivity (Wildman–Crippen MR) is 131 cm³/mol. The Bertz CT molecular complexity index is 873. The number of carbonyl (C=O) groups is 7. The molecule has 0 radical (unpaired) electrons. The molecule has 13 heteroatoms. The second kappa shape index (κ2) is 14.3. The van der Waals surface area contributed by atoms with E-state index >= 15 is 0 Å². The molecule has 0 aliphatic rings. The topological polar surface area (TPSA) is 192 Å². The van der Waals surface area contributed by atoms with Gasteiger partial charge in [-0.25, -0.2) is 0 Å². The van der Waals surface area contributed by atoms with Gasteiger partial charge in [-0.1, -0.05) is 6.92 Å². The summed E-state index contributed by atoms with van der Waals surface area (Å²) in [5.74, 6) is -4.37. The lowest BCUT2D eigenvalue weighted by molar-refractivity contribution is -0.141. The van der Waals surface area contributed by atoms with Gasteiger partial charge in [0, 0.05) is 6.42 Å². The van der Waals surface area contributed by atoms with Gasteiger partial charge in [0.1, 0.15) is 29.7 Å². The summed E-state index contributed by atoms with van der Waals surface area (Å²) in [5, 5.41) is 15.0. The molecule has 0 aliphatic carbocycles. The molecule has 0 saturated heterocycles. The summed E-state index contributed by atoms with van der Waals surface area (Å²) in [6.45, 7) is 11.6. The van der Waals surface area contributed by atoms with E-state index in [2.05, 4.69) is 31.9 Å². The third-order valence-corrected chi connectivity index (χ3v) is 5.41. The molecule has 0 aromatic rings. The van der Waals surface area contributed by atoms with E-state index in [0.717, 1.165) is 0 Å². The third-order valence-electron chi connectivity index (χ3n) is 5.41. The number of likely N-dealkylation sites (N-methyl/N-ethyl adjacent to an activating group) is 1. The van der Waals surface area contributed by atoms with Crippen LogP contribution in [0.15, 0.2) is 0 Å². The van der Waals surface area contributed by atoms with Crippen LogP contribution in [0, 0.1) is 0 Å². The molecule has 0 saturated carbocycles. The summed E-state index contributed by atoms with van der Waals surface area (Å²) in [6, 6.07) is -4.54. The minimum Gasteiger partial charge on any atom is -0.343 e. The van der Waals surface area contributed by atoms with Crippen molar-refractivity contribution >= 4 is 41.1 Å². The quantitative estimate of drug-likeness (QED) is 0.145.